The number of nitrogens with zero attached hydrogens (tertiary/aromatic N) is 2. The quantitative estimate of drug-likeness (QED) is 0.921. The number of aliphatic hydroxyl groups is 1. The van der Waals surface area contributed by atoms with E-state index in [9.17, 15) is 5.11 Å². The van der Waals surface area contributed by atoms with Crippen molar-refractivity contribution in [2.45, 2.75) is 25.9 Å². The zero-order chi connectivity index (χ0) is 13.0. The van der Waals surface area contributed by atoms with Crippen LogP contribution in [0.2, 0.25) is 5.02 Å². The van der Waals surface area contributed by atoms with Crippen molar-refractivity contribution < 1.29 is 5.11 Å². The molecule has 1 N–H and O–H groups in total. The Hall–Kier alpha value is -1.45. The molecule has 0 aliphatic carbocycles. The van der Waals surface area contributed by atoms with Crippen LogP contribution in [0.1, 0.15) is 30.0 Å². The molecule has 0 radical (unpaired) electrons. The first-order valence-corrected chi connectivity index (χ1v) is 6.30. The standard InChI is InChI=1S/C14H15ClN2O/c1-2-10-3-5-12(16-8-10)7-14(18)13-6-4-11(15)9-17-13/h3-6,8-9,14,18H,2,7H2,1H3. The van der Waals surface area contributed by atoms with E-state index in [1.165, 1.54) is 11.8 Å². The number of rotatable bonds is 4. The molecule has 0 amide bonds. The molecule has 0 fully saturated rings. The Labute approximate surface area is 111 Å². The molecule has 0 aromatic carbocycles. The molecule has 18 heavy (non-hydrogen) atoms. The Bertz CT molecular complexity index is 496. The number of pyridine rings is 2. The second-order valence-electron chi connectivity index (χ2n) is 4.13. The zero-order valence-corrected chi connectivity index (χ0v) is 10.9. The summed E-state index contributed by atoms with van der Waals surface area (Å²) < 4.78 is 0. The lowest BCUT2D eigenvalue weighted by atomic mass is 10.1. The van der Waals surface area contributed by atoms with Crippen LogP contribution < -0.4 is 0 Å². The van der Waals surface area contributed by atoms with Gasteiger partial charge in [-0.25, -0.2) is 0 Å². The predicted octanol–water partition coefficient (Wildman–Crippen LogP) is 2.97. The molecule has 0 spiro atoms. The van der Waals surface area contributed by atoms with E-state index in [0.717, 1.165) is 12.1 Å². The normalized spacial score (nSPS) is 12.4. The minimum Gasteiger partial charge on any atom is -0.386 e. The van der Waals surface area contributed by atoms with Crippen molar-refractivity contribution in [1.82, 2.24) is 9.97 Å². The zero-order valence-electron chi connectivity index (χ0n) is 10.2. The smallest absolute Gasteiger partial charge is 0.101 e. The third kappa shape index (κ3) is 3.28. The first-order chi connectivity index (χ1) is 8.69. The molecule has 1 atom stereocenters. The summed E-state index contributed by atoms with van der Waals surface area (Å²) in [5.74, 6) is 0. The lowest BCUT2D eigenvalue weighted by Crippen LogP contribution is -2.05. The number of hydrogen-bond donors (Lipinski definition) is 1. The first-order valence-electron chi connectivity index (χ1n) is 5.92. The third-order valence-corrected chi connectivity index (χ3v) is 3.01. The molecular weight excluding hydrogens is 248 g/mol. The van der Waals surface area contributed by atoms with Crippen molar-refractivity contribution in [2.24, 2.45) is 0 Å². The van der Waals surface area contributed by atoms with E-state index in [1.54, 1.807) is 12.1 Å². The van der Waals surface area contributed by atoms with Gasteiger partial charge in [0, 0.05) is 24.5 Å². The van der Waals surface area contributed by atoms with Crippen molar-refractivity contribution in [1.29, 1.82) is 0 Å². The Morgan fingerprint density at radius 2 is 2.00 bits per heavy atom. The molecule has 4 heteroatoms. The van der Waals surface area contributed by atoms with E-state index >= 15 is 0 Å². The average molecular weight is 263 g/mol. The van der Waals surface area contributed by atoms with E-state index in [1.807, 2.05) is 18.3 Å². The molecule has 2 aromatic heterocycles. The van der Waals surface area contributed by atoms with Crippen molar-refractivity contribution in [3.05, 3.63) is 58.6 Å². The topological polar surface area (TPSA) is 46.0 Å². The highest BCUT2D eigenvalue weighted by Crippen LogP contribution is 2.17. The summed E-state index contributed by atoms with van der Waals surface area (Å²) in [6.07, 6.45) is 4.15. The van der Waals surface area contributed by atoms with Gasteiger partial charge in [-0.3, -0.25) is 9.97 Å². The first kappa shape index (κ1) is 13.0. The number of halogens is 1. The van der Waals surface area contributed by atoms with Gasteiger partial charge in [0.05, 0.1) is 10.7 Å². The molecule has 94 valence electrons. The van der Waals surface area contributed by atoms with Crippen LogP contribution in [0.4, 0.5) is 0 Å². The van der Waals surface area contributed by atoms with E-state index in [4.69, 9.17) is 11.6 Å². The Balaban J connectivity index is 2.05. The average Bonchev–Trinajstić information content (AvgIpc) is 2.40. The van der Waals surface area contributed by atoms with Gasteiger partial charge in [0.1, 0.15) is 6.10 Å². The summed E-state index contributed by atoms with van der Waals surface area (Å²) in [6, 6.07) is 7.43. The molecule has 0 bridgehead atoms. The minimum absolute atomic E-state index is 0.457. The highest BCUT2D eigenvalue weighted by molar-refractivity contribution is 6.30. The van der Waals surface area contributed by atoms with Crippen LogP contribution >= 0.6 is 11.6 Å². The largest absolute Gasteiger partial charge is 0.386 e. The van der Waals surface area contributed by atoms with Gasteiger partial charge in [0.2, 0.25) is 0 Å². The van der Waals surface area contributed by atoms with Crippen LogP contribution in [0, 0.1) is 0 Å². The predicted molar refractivity (Wildman–Crippen MR) is 71.5 cm³/mol. The van der Waals surface area contributed by atoms with E-state index in [-0.39, 0.29) is 0 Å². The molecule has 0 aliphatic heterocycles. The lowest BCUT2D eigenvalue weighted by Gasteiger charge is -2.09. The van der Waals surface area contributed by atoms with Crippen LogP contribution in [0.5, 0.6) is 0 Å². The molecule has 2 heterocycles. The summed E-state index contributed by atoms with van der Waals surface area (Å²) in [4.78, 5) is 8.42. The maximum atomic E-state index is 10.0. The number of aliphatic hydroxyl groups excluding tert-OH is 1. The van der Waals surface area contributed by atoms with Gasteiger partial charge in [-0.2, -0.15) is 0 Å². The molecule has 0 aliphatic rings. The Morgan fingerprint density at radius 1 is 1.17 bits per heavy atom. The highest BCUT2D eigenvalue weighted by Gasteiger charge is 2.10. The summed E-state index contributed by atoms with van der Waals surface area (Å²) in [5.41, 5.74) is 2.66. The number of hydrogen-bond acceptors (Lipinski definition) is 3. The second kappa shape index (κ2) is 5.94. The van der Waals surface area contributed by atoms with Gasteiger partial charge in [0.15, 0.2) is 0 Å². The summed E-state index contributed by atoms with van der Waals surface area (Å²) in [5, 5.41) is 10.6. The van der Waals surface area contributed by atoms with Gasteiger partial charge in [-0.15, -0.1) is 0 Å². The molecule has 2 aromatic rings. The van der Waals surface area contributed by atoms with E-state index in [2.05, 4.69) is 16.9 Å². The fraction of sp³-hybridized carbons (Fsp3) is 0.286. The third-order valence-electron chi connectivity index (χ3n) is 2.79. The van der Waals surface area contributed by atoms with Gasteiger partial charge >= 0.3 is 0 Å². The fourth-order valence-corrected chi connectivity index (χ4v) is 1.78. The van der Waals surface area contributed by atoms with Crippen molar-refractivity contribution in [3.8, 4) is 0 Å². The monoisotopic (exact) mass is 262 g/mol. The SMILES string of the molecule is CCc1ccc(CC(O)c2ccc(Cl)cn2)nc1. The highest BCUT2D eigenvalue weighted by atomic mass is 35.5. The second-order valence-corrected chi connectivity index (χ2v) is 4.57. The molecule has 2 rings (SSSR count). The van der Waals surface area contributed by atoms with Crippen LogP contribution in [0.15, 0.2) is 36.7 Å². The van der Waals surface area contributed by atoms with E-state index < -0.39 is 6.10 Å². The van der Waals surface area contributed by atoms with Crippen molar-refractivity contribution in [3.63, 3.8) is 0 Å². The van der Waals surface area contributed by atoms with Gasteiger partial charge in [-0.05, 0) is 30.2 Å². The number of aromatic nitrogens is 2. The van der Waals surface area contributed by atoms with Crippen molar-refractivity contribution in [2.75, 3.05) is 0 Å². The van der Waals surface area contributed by atoms with Gasteiger partial charge < -0.3 is 5.11 Å². The molecule has 3 nitrogen and oxygen atoms in total. The van der Waals surface area contributed by atoms with Crippen LogP contribution in [-0.2, 0) is 12.8 Å². The van der Waals surface area contributed by atoms with Gasteiger partial charge in [0.25, 0.3) is 0 Å². The molecular formula is C14H15ClN2O. The van der Waals surface area contributed by atoms with Crippen LogP contribution in [0.3, 0.4) is 0 Å². The fourth-order valence-electron chi connectivity index (χ4n) is 1.67. The van der Waals surface area contributed by atoms with E-state index in [0.29, 0.717) is 17.1 Å². The van der Waals surface area contributed by atoms with Crippen LogP contribution in [0.25, 0.3) is 0 Å². The lowest BCUT2D eigenvalue weighted by molar-refractivity contribution is 0.172. The minimum atomic E-state index is -0.651. The molecule has 1 unspecified atom stereocenters. The van der Waals surface area contributed by atoms with Crippen LogP contribution in [-0.4, -0.2) is 15.1 Å². The maximum Gasteiger partial charge on any atom is 0.101 e. The van der Waals surface area contributed by atoms with Crippen molar-refractivity contribution >= 4 is 11.6 Å². The molecule has 0 saturated heterocycles. The molecule has 0 saturated carbocycles. The summed E-state index contributed by atoms with van der Waals surface area (Å²) >= 11 is 5.75. The number of aryl methyl sites for hydroxylation is 1. The van der Waals surface area contributed by atoms with Gasteiger partial charge in [-0.1, -0.05) is 24.6 Å². The summed E-state index contributed by atoms with van der Waals surface area (Å²) in [6.45, 7) is 2.09. The maximum absolute atomic E-state index is 10.0. The Morgan fingerprint density at radius 3 is 2.56 bits per heavy atom. The summed E-state index contributed by atoms with van der Waals surface area (Å²) in [7, 11) is 0. The Kier molecular flexibility index (Phi) is 4.28.